The zero-order valence-electron chi connectivity index (χ0n) is 11.1. The van der Waals surface area contributed by atoms with Gasteiger partial charge in [-0.25, -0.2) is 0 Å². The molecule has 94 valence electrons. The van der Waals surface area contributed by atoms with E-state index in [1.807, 2.05) is 26.0 Å². The Labute approximate surface area is 104 Å². The molecule has 0 unspecified atom stereocenters. The van der Waals surface area contributed by atoms with Crippen LogP contribution >= 0.6 is 0 Å². The highest BCUT2D eigenvalue weighted by Gasteiger charge is 2.42. The number of ketones is 1. The van der Waals surface area contributed by atoms with Gasteiger partial charge in [0.05, 0.1) is 0 Å². The first kappa shape index (κ1) is 12.4. The molecule has 0 aliphatic heterocycles. The Bertz CT molecular complexity index is 370. The van der Waals surface area contributed by atoms with Crippen molar-refractivity contribution in [3.8, 4) is 0 Å². The Morgan fingerprint density at radius 1 is 1.24 bits per heavy atom. The molecule has 1 saturated carbocycles. The minimum atomic E-state index is -0.260. The fraction of sp³-hybridized carbons (Fsp3) is 0.667. The summed E-state index contributed by atoms with van der Waals surface area (Å²) in [6.45, 7) is 6.33. The molecule has 0 amide bonds. The van der Waals surface area contributed by atoms with Gasteiger partial charge in [0.15, 0.2) is 5.78 Å². The predicted molar refractivity (Wildman–Crippen MR) is 69.9 cm³/mol. The first-order valence-electron chi connectivity index (χ1n) is 6.74. The van der Waals surface area contributed by atoms with Crippen molar-refractivity contribution < 1.29 is 4.79 Å². The van der Waals surface area contributed by atoms with Gasteiger partial charge in [0.2, 0.25) is 0 Å². The number of rotatable bonds is 3. The molecule has 1 fully saturated rings. The molecular weight excluding hydrogens is 210 g/mol. The largest absolute Gasteiger partial charge is 0.341 e. The van der Waals surface area contributed by atoms with Crippen LogP contribution in [0.2, 0.25) is 0 Å². The van der Waals surface area contributed by atoms with Crippen LogP contribution in [-0.2, 0) is 10.3 Å². The SMILES string of the molecule is CC1CCC(C(=O)C(C)C)(n2cccc2)CC1. The van der Waals surface area contributed by atoms with Crippen molar-refractivity contribution in [2.75, 3.05) is 0 Å². The maximum Gasteiger partial charge on any atom is 0.161 e. The number of nitrogens with zero attached hydrogens (tertiary/aromatic N) is 1. The quantitative estimate of drug-likeness (QED) is 0.781. The van der Waals surface area contributed by atoms with Crippen molar-refractivity contribution in [1.82, 2.24) is 4.57 Å². The van der Waals surface area contributed by atoms with E-state index in [-0.39, 0.29) is 11.5 Å². The zero-order chi connectivity index (χ0) is 12.5. The lowest BCUT2D eigenvalue weighted by atomic mass is 9.72. The summed E-state index contributed by atoms with van der Waals surface area (Å²) in [5, 5.41) is 0. The normalized spacial score (nSPS) is 29.5. The summed E-state index contributed by atoms with van der Waals surface area (Å²) in [5.41, 5.74) is -0.260. The van der Waals surface area contributed by atoms with Gasteiger partial charge in [-0.3, -0.25) is 4.79 Å². The van der Waals surface area contributed by atoms with Crippen LogP contribution in [0.4, 0.5) is 0 Å². The maximum atomic E-state index is 12.6. The lowest BCUT2D eigenvalue weighted by molar-refractivity contribution is -0.133. The van der Waals surface area contributed by atoms with E-state index in [4.69, 9.17) is 0 Å². The van der Waals surface area contributed by atoms with Crippen LogP contribution in [-0.4, -0.2) is 10.4 Å². The molecule has 0 N–H and O–H groups in total. The highest BCUT2D eigenvalue weighted by Crippen LogP contribution is 2.39. The van der Waals surface area contributed by atoms with Crippen LogP contribution in [0.1, 0.15) is 46.5 Å². The maximum absolute atomic E-state index is 12.6. The van der Waals surface area contributed by atoms with Gasteiger partial charge in [0, 0.05) is 18.3 Å². The Morgan fingerprint density at radius 3 is 2.24 bits per heavy atom. The topological polar surface area (TPSA) is 22.0 Å². The van der Waals surface area contributed by atoms with Crippen LogP contribution in [0.5, 0.6) is 0 Å². The molecular formula is C15H23NO. The van der Waals surface area contributed by atoms with Crippen molar-refractivity contribution >= 4 is 5.78 Å². The van der Waals surface area contributed by atoms with Gasteiger partial charge in [-0.1, -0.05) is 20.8 Å². The third-order valence-corrected chi connectivity index (χ3v) is 4.18. The highest BCUT2D eigenvalue weighted by molar-refractivity contribution is 5.88. The lowest BCUT2D eigenvalue weighted by Gasteiger charge is -2.40. The van der Waals surface area contributed by atoms with Gasteiger partial charge in [-0.05, 0) is 43.7 Å². The minimum absolute atomic E-state index is 0.116. The van der Waals surface area contributed by atoms with Crippen molar-refractivity contribution in [1.29, 1.82) is 0 Å². The van der Waals surface area contributed by atoms with E-state index in [0.29, 0.717) is 5.78 Å². The molecule has 0 atom stereocenters. The number of aromatic nitrogens is 1. The summed E-state index contributed by atoms with van der Waals surface area (Å²) >= 11 is 0. The Morgan fingerprint density at radius 2 is 1.76 bits per heavy atom. The smallest absolute Gasteiger partial charge is 0.161 e. The summed E-state index contributed by atoms with van der Waals surface area (Å²) in [6.07, 6.45) is 8.43. The molecule has 2 nitrogen and oxygen atoms in total. The van der Waals surface area contributed by atoms with E-state index in [2.05, 4.69) is 23.9 Å². The monoisotopic (exact) mass is 233 g/mol. The van der Waals surface area contributed by atoms with E-state index in [9.17, 15) is 4.79 Å². The number of hydrogen-bond acceptors (Lipinski definition) is 1. The van der Waals surface area contributed by atoms with Gasteiger partial charge in [-0.2, -0.15) is 0 Å². The Balaban J connectivity index is 2.33. The van der Waals surface area contributed by atoms with Gasteiger partial charge >= 0.3 is 0 Å². The average Bonchev–Trinajstić information content (AvgIpc) is 2.83. The minimum Gasteiger partial charge on any atom is -0.341 e. The van der Waals surface area contributed by atoms with Crippen LogP contribution in [0.25, 0.3) is 0 Å². The van der Waals surface area contributed by atoms with Gasteiger partial charge in [0.25, 0.3) is 0 Å². The molecule has 1 aromatic rings. The molecule has 2 heteroatoms. The second kappa shape index (κ2) is 4.67. The van der Waals surface area contributed by atoms with Gasteiger partial charge < -0.3 is 4.57 Å². The molecule has 17 heavy (non-hydrogen) atoms. The number of Topliss-reactive ketones (excluding diaryl/α,β-unsaturated/α-hetero) is 1. The lowest BCUT2D eigenvalue weighted by Crippen LogP contribution is -2.46. The average molecular weight is 233 g/mol. The molecule has 1 aromatic heterocycles. The highest BCUT2D eigenvalue weighted by atomic mass is 16.1. The summed E-state index contributed by atoms with van der Waals surface area (Å²) in [5.74, 6) is 1.28. The van der Waals surface area contributed by atoms with Gasteiger partial charge in [0.1, 0.15) is 5.54 Å². The van der Waals surface area contributed by atoms with E-state index < -0.39 is 0 Å². The second-order valence-corrected chi connectivity index (χ2v) is 5.82. The number of carbonyl (C=O) groups is 1. The van der Waals surface area contributed by atoms with E-state index >= 15 is 0 Å². The molecule has 0 bridgehead atoms. The first-order chi connectivity index (χ1) is 8.06. The van der Waals surface area contributed by atoms with Crippen molar-refractivity contribution in [3.63, 3.8) is 0 Å². The van der Waals surface area contributed by atoms with Gasteiger partial charge in [-0.15, -0.1) is 0 Å². The zero-order valence-corrected chi connectivity index (χ0v) is 11.1. The molecule has 0 spiro atoms. The van der Waals surface area contributed by atoms with Crippen LogP contribution in [0.15, 0.2) is 24.5 Å². The predicted octanol–water partition coefficient (Wildman–Crippen LogP) is 3.62. The van der Waals surface area contributed by atoms with E-state index in [1.54, 1.807) is 0 Å². The fourth-order valence-corrected chi connectivity index (χ4v) is 3.03. The van der Waals surface area contributed by atoms with Crippen LogP contribution in [0, 0.1) is 11.8 Å². The van der Waals surface area contributed by atoms with Crippen molar-refractivity contribution in [3.05, 3.63) is 24.5 Å². The Kier molecular flexibility index (Phi) is 3.41. The number of hydrogen-bond donors (Lipinski definition) is 0. The molecule has 1 heterocycles. The molecule has 0 aromatic carbocycles. The fourth-order valence-electron chi connectivity index (χ4n) is 3.03. The third-order valence-electron chi connectivity index (χ3n) is 4.18. The van der Waals surface area contributed by atoms with E-state index in [1.165, 1.54) is 0 Å². The molecule has 2 rings (SSSR count). The number of carbonyl (C=O) groups excluding carboxylic acids is 1. The summed E-state index contributed by atoms with van der Waals surface area (Å²) in [7, 11) is 0. The molecule has 0 saturated heterocycles. The van der Waals surface area contributed by atoms with Crippen molar-refractivity contribution in [2.24, 2.45) is 11.8 Å². The van der Waals surface area contributed by atoms with Crippen LogP contribution in [0.3, 0.4) is 0 Å². The Hall–Kier alpha value is -1.05. The molecule has 1 aliphatic rings. The summed E-state index contributed by atoms with van der Waals surface area (Å²) in [4.78, 5) is 12.6. The third kappa shape index (κ3) is 2.18. The second-order valence-electron chi connectivity index (χ2n) is 5.82. The van der Waals surface area contributed by atoms with Crippen LogP contribution < -0.4 is 0 Å². The van der Waals surface area contributed by atoms with E-state index in [0.717, 1.165) is 31.6 Å². The first-order valence-corrected chi connectivity index (χ1v) is 6.74. The molecule has 0 radical (unpaired) electrons. The summed E-state index contributed by atoms with van der Waals surface area (Å²) < 4.78 is 2.15. The molecule has 1 aliphatic carbocycles. The standard InChI is InChI=1S/C15H23NO/c1-12(2)14(17)15(16-10-4-5-11-16)8-6-13(3)7-9-15/h4-5,10-13H,6-9H2,1-3H3. The summed E-state index contributed by atoms with van der Waals surface area (Å²) in [6, 6.07) is 4.04. The van der Waals surface area contributed by atoms with Crippen molar-refractivity contribution in [2.45, 2.75) is 52.0 Å².